The molecule has 0 bridgehead atoms. The van der Waals surface area contributed by atoms with Gasteiger partial charge in [0, 0.05) is 0 Å². The molecule has 1 aromatic carbocycles. The molecule has 3 rings (SSSR count). The van der Waals surface area contributed by atoms with Crippen molar-refractivity contribution in [2.75, 3.05) is 0 Å². The zero-order chi connectivity index (χ0) is 15.4. The average Bonchev–Trinajstić information content (AvgIpc) is 3.20. The Hall–Kier alpha value is -2.53. The fourth-order valence-electron chi connectivity index (χ4n) is 2.24. The minimum atomic E-state index is -0.211. The van der Waals surface area contributed by atoms with Crippen LogP contribution in [0.5, 0.6) is 5.75 Å². The van der Waals surface area contributed by atoms with Crippen LogP contribution in [0.15, 0.2) is 64.6 Å². The first kappa shape index (κ1) is 14.4. The Kier molecular flexibility index (Phi) is 4.25. The second kappa shape index (κ2) is 6.49. The highest BCUT2D eigenvalue weighted by atomic mass is 32.1. The number of hydrogen-bond donors (Lipinski definition) is 1. The monoisotopic (exact) mass is 314 g/mol. The van der Waals surface area contributed by atoms with Gasteiger partial charge in [-0.05, 0) is 47.7 Å². The lowest BCUT2D eigenvalue weighted by atomic mass is 10.1. The lowest BCUT2D eigenvalue weighted by Crippen LogP contribution is -2.29. The Balaban J connectivity index is 1.87. The van der Waals surface area contributed by atoms with Crippen LogP contribution < -0.4 is 0 Å². The van der Waals surface area contributed by atoms with Crippen LogP contribution in [0.25, 0.3) is 0 Å². The van der Waals surface area contributed by atoms with Crippen molar-refractivity contribution in [1.29, 1.82) is 0 Å². The lowest BCUT2D eigenvalue weighted by Gasteiger charge is -2.20. The molecule has 0 saturated heterocycles. The van der Waals surface area contributed by atoms with Gasteiger partial charge in [-0.25, -0.2) is 0 Å². The van der Waals surface area contributed by atoms with Crippen molar-refractivity contribution < 1.29 is 14.3 Å². The van der Waals surface area contributed by atoms with Gasteiger partial charge in [0.05, 0.1) is 24.9 Å². The van der Waals surface area contributed by atoms with E-state index in [1.165, 1.54) is 6.07 Å². The fourth-order valence-corrected chi connectivity index (χ4v) is 3.03. The van der Waals surface area contributed by atoms with E-state index < -0.39 is 0 Å². The van der Waals surface area contributed by atoms with Crippen molar-refractivity contribution in [3.05, 3.63) is 76.4 Å². The molecule has 0 fully saturated rings. The van der Waals surface area contributed by atoms with Crippen LogP contribution in [0.1, 0.15) is 21.0 Å². The molecule has 2 heterocycles. The molecule has 5 heteroatoms. The summed E-state index contributed by atoms with van der Waals surface area (Å²) in [5, 5.41) is 11.9. The van der Waals surface area contributed by atoms with Crippen LogP contribution in [-0.2, 0) is 13.1 Å². The van der Waals surface area contributed by atoms with E-state index in [1.807, 2.05) is 23.6 Å². The summed E-state index contributed by atoms with van der Waals surface area (Å²) in [5.74, 6) is 0.498. The number of carbonyl (C=O) groups is 1. The van der Waals surface area contributed by atoms with Gasteiger partial charge in [0.15, 0.2) is 4.88 Å². The van der Waals surface area contributed by atoms with Gasteiger partial charge >= 0.3 is 0 Å². The molecular weight excluding hydrogens is 298 g/mol. The number of thiophene rings is 1. The van der Waals surface area contributed by atoms with Gasteiger partial charge in [-0.15, -0.1) is 0 Å². The summed E-state index contributed by atoms with van der Waals surface area (Å²) in [4.78, 5) is 15.6. The number of para-hydroxylation sites is 1. The molecule has 3 aromatic rings. The number of rotatable bonds is 5. The number of carbonyl (C=O) groups excluding carboxylic acids is 1. The Bertz CT molecular complexity index is 699. The van der Waals surface area contributed by atoms with E-state index in [0.29, 0.717) is 24.4 Å². The number of phenols is 1. The van der Waals surface area contributed by atoms with Gasteiger partial charge in [-0.1, -0.05) is 12.1 Å². The Labute approximate surface area is 132 Å². The first-order valence-electron chi connectivity index (χ1n) is 6.90. The number of phenolic OH excluding ortho intramolecular Hbond substituents is 1. The van der Waals surface area contributed by atoms with Crippen LogP contribution in [0.4, 0.5) is 0 Å². The number of furan rings is 1. The van der Waals surface area contributed by atoms with E-state index in [1.54, 1.807) is 35.4 Å². The van der Waals surface area contributed by atoms with Crippen LogP contribution in [0, 0.1) is 0 Å². The van der Waals surface area contributed by atoms with E-state index in [9.17, 15) is 9.90 Å². The second-order valence-electron chi connectivity index (χ2n) is 4.89. The Morgan fingerprint density at radius 1 is 1.09 bits per heavy atom. The van der Waals surface area contributed by atoms with Gasteiger partial charge in [-0.2, -0.15) is 0 Å². The number of nitrogens with zero attached hydrogens (tertiary/aromatic N) is 1. The van der Waals surface area contributed by atoms with Gasteiger partial charge in [0.1, 0.15) is 16.9 Å². The molecule has 0 aliphatic rings. The molecule has 2 aromatic heterocycles. The molecule has 1 N–H and O–H groups in total. The third-order valence-corrected chi connectivity index (χ3v) is 4.26. The summed E-state index contributed by atoms with van der Waals surface area (Å²) >= 11 is 1.10. The fraction of sp³-hybridized carbons (Fsp3) is 0.118. The van der Waals surface area contributed by atoms with Crippen molar-refractivity contribution in [2.45, 2.75) is 13.1 Å². The summed E-state index contributed by atoms with van der Waals surface area (Å²) in [7, 11) is 0. The maximum Gasteiger partial charge on any atom is 0.258 e. The maximum atomic E-state index is 12.8. The summed E-state index contributed by atoms with van der Waals surface area (Å²) in [6.07, 6.45) is 1.59. The van der Waals surface area contributed by atoms with Crippen molar-refractivity contribution in [3.8, 4) is 5.75 Å². The predicted molar refractivity (Wildman–Crippen MR) is 86.1 cm³/mol. The lowest BCUT2D eigenvalue weighted by molar-refractivity contribution is 0.0716. The highest BCUT2D eigenvalue weighted by Crippen LogP contribution is 2.22. The van der Waals surface area contributed by atoms with E-state index in [-0.39, 0.29) is 11.7 Å². The number of benzene rings is 1. The predicted octanol–water partition coefficient (Wildman–Crippen LogP) is 3.62. The molecule has 0 atom stereocenters. The van der Waals surface area contributed by atoms with Gasteiger partial charge in [0.25, 0.3) is 5.91 Å². The molecule has 0 unspecified atom stereocenters. The van der Waals surface area contributed by atoms with E-state index in [4.69, 9.17) is 4.42 Å². The Morgan fingerprint density at radius 2 is 1.95 bits per heavy atom. The van der Waals surface area contributed by atoms with E-state index >= 15 is 0 Å². The third-order valence-electron chi connectivity index (χ3n) is 3.32. The minimum Gasteiger partial charge on any atom is -0.507 e. The average molecular weight is 314 g/mol. The summed E-state index contributed by atoms with van der Waals surface area (Å²) in [5.41, 5.74) is 0.303. The second-order valence-corrected chi connectivity index (χ2v) is 6.02. The number of amides is 1. The highest BCUT2D eigenvalue weighted by molar-refractivity contribution is 7.09. The van der Waals surface area contributed by atoms with Crippen molar-refractivity contribution in [1.82, 2.24) is 4.90 Å². The molecular formula is C17H16NO3S+. The number of hydrogen-bond acceptors (Lipinski definition) is 3. The summed E-state index contributed by atoms with van der Waals surface area (Å²) in [6, 6.07) is 14.2. The van der Waals surface area contributed by atoms with E-state index in [2.05, 4.69) is 0 Å². The molecule has 0 saturated carbocycles. The minimum absolute atomic E-state index is 0.00646. The smallest absolute Gasteiger partial charge is 0.258 e. The Morgan fingerprint density at radius 3 is 2.64 bits per heavy atom. The molecule has 4 nitrogen and oxygen atoms in total. The van der Waals surface area contributed by atoms with E-state index in [0.717, 1.165) is 16.2 Å². The molecule has 0 radical (unpaired) electrons. The van der Waals surface area contributed by atoms with Crippen LogP contribution in [0.3, 0.4) is 0 Å². The summed E-state index contributed by atoms with van der Waals surface area (Å²) < 4.78 is 5.35. The largest absolute Gasteiger partial charge is 0.507 e. The maximum absolute atomic E-state index is 12.8. The zero-order valence-corrected chi connectivity index (χ0v) is 12.7. The molecule has 0 spiro atoms. The van der Waals surface area contributed by atoms with Gasteiger partial charge in [0.2, 0.25) is 0 Å². The normalized spacial score (nSPS) is 10.5. The SMILES string of the molecule is O=C(c1ccccc1O)N(Cc1ccco1)Cc1ccc[sH+]1. The quantitative estimate of drug-likeness (QED) is 0.732. The molecule has 112 valence electrons. The first-order valence-corrected chi connectivity index (χ1v) is 7.86. The molecule has 1 amide bonds. The topological polar surface area (TPSA) is 53.7 Å². The van der Waals surface area contributed by atoms with Gasteiger partial charge in [-0.3, -0.25) is 4.79 Å². The van der Waals surface area contributed by atoms with Crippen LogP contribution in [-0.4, -0.2) is 15.9 Å². The molecule has 0 aliphatic heterocycles. The first-order chi connectivity index (χ1) is 10.7. The molecule has 0 aliphatic carbocycles. The third kappa shape index (κ3) is 3.20. The van der Waals surface area contributed by atoms with Crippen LogP contribution >= 0.6 is 11.3 Å². The zero-order valence-electron chi connectivity index (χ0n) is 11.8. The number of aromatic hydroxyl groups is 1. The van der Waals surface area contributed by atoms with Gasteiger partial charge < -0.3 is 14.4 Å². The molecule has 22 heavy (non-hydrogen) atoms. The highest BCUT2D eigenvalue weighted by Gasteiger charge is 2.22. The summed E-state index contributed by atoms with van der Waals surface area (Å²) in [6.45, 7) is 0.870. The van der Waals surface area contributed by atoms with Crippen molar-refractivity contribution in [2.24, 2.45) is 0 Å². The van der Waals surface area contributed by atoms with Crippen molar-refractivity contribution in [3.63, 3.8) is 0 Å². The van der Waals surface area contributed by atoms with Crippen LogP contribution in [0.2, 0.25) is 0 Å². The standard InChI is InChI=1S/C17H15NO3S/c19-16-8-2-1-7-15(16)17(20)18(11-13-5-3-9-21-13)12-14-6-4-10-22-14/h1-10,19H,11-12H2/p+1. The van der Waals surface area contributed by atoms with Crippen molar-refractivity contribution >= 4 is 17.2 Å².